The lowest BCUT2D eigenvalue weighted by Crippen LogP contribution is -2.38. The van der Waals surface area contributed by atoms with Crippen molar-refractivity contribution in [3.8, 4) is 0 Å². The van der Waals surface area contributed by atoms with Gasteiger partial charge >= 0.3 is 6.18 Å². The summed E-state index contributed by atoms with van der Waals surface area (Å²) < 4.78 is 68.9. The van der Waals surface area contributed by atoms with Crippen LogP contribution in [-0.2, 0) is 28.0 Å². The van der Waals surface area contributed by atoms with E-state index in [1.54, 1.807) is 45.2 Å². The first kappa shape index (κ1) is 26.3. The number of sulfonamides is 1. The molecule has 0 bridgehead atoms. The Morgan fingerprint density at radius 3 is 2.26 bits per heavy atom. The van der Waals surface area contributed by atoms with Crippen LogP contribution in [0.2, 0.25) is 0 Å². The Hall–Kier alpha value is -3.34. The highest BCUT2D eigenvalue weighted by atomic mass is 32.2. The molecule has 1 aromatic heterocycles. The van der Waals surface area contributed by atoms with Crippen molar-refractivity contribution in [2.75, 3.05) is 16.2 Å². The second-order valence-corrected chi connectivity index (χ2v) is 10.3. The van der Waals surface area contributed by atoms with Gasteiger partial charge in [0, 0.05) is 12.7 Å². The van der Waals surface area contributed by atoms with Gasteiger partial charge in [-0.3, -0.25) is 13.8 Å². The number of carbonyl (C=O) groups is 1. The maximum absolute atomic E-state index is 13.7. The van der Waals surface area contributed by atoms with E-state index in [0.29, 0.717) is 5.69 Å². The van der Waals surface area contributed by atoms with Crippen LogP contribution < -0.4 is 9.62 Å². The van der Waals surface area contributed by atoms with Gasteiger partial charge in [0.2, 0.25) is 5.91 Å². The molecular weight excluding hydrogens is 481 g/mol. The Bertz CT molecular complexity index is 1330. The molecule has 0 saturated heterocycles. The molecule has 0 unspecified atom stereocenters. The second-order valence-electron chi connectivity index (χ2n) is 8.51. The summed E-state index contributed by atoms with van der Waals surface area (Å²) in [6, 6.07) is 10.9. The van der Waals surface area contributed by atoms with Crippen LogP contribution in [0.5, 0.6) is 0 Å². The smallest absolute Gasteiger partial charge is 0.325 e. The molecule has 7 nitrogen and oxygen atoms in total. The third-order valence-corrected chi connectivity index (χ3v) is 7.63. The molecule has 0 aliphatic carbocycles. The van der Waals surface area contributed by atoms with Gasteiger partial charge in [-0.2, -0.15) is 18.3 Å². The molecule has 1 amide bonds. The number of rotatable bonds is 7. The van der Waals surface area contributed by atoms with E-state index in [4.69, 9.17) is 0 Å². The molecule has 3 aromatic rings. The van der Waals surface area contributed by atoms with Gasteiger partial charge in [0.25, 0.3) is 10.0 Å². The van der Waals surface area contributed by atoms with Crippen molar-refractivity contribution in [3.63, 3.8) is 0 Å². The van der Waals surface area contributed by atoms with E-state index in [-0.39, 0.29) is 27.9 Å². The highest BCUT2D eigenvalue weighted by molar-refractivity contribution is 7.93. The first-order valence-corrected chi connectivity index (χ1v) is 12.3. The maximum Gasteiger partial charge on any atom is 0.416 e. The fourth-order valence-corrected chi connectivity index (χ4v) is 5.51. The van der Waals surface area contributed by atoms with E-state index in [2.05, 4.69) is 10.4 Å². The number of hydrogen-bond acceptors (Lipinski definition) is 4. The molecule has 1 heterocycles. The molecular formula is C24H27F3N4O3S. The Morgan fingerprint density at radius 2 is 1.74 bits per heavy atom. The monoisotopic (exact) mass is 508 g/mol. The van der Waals surface area contributed by atoms with Crippen molar-refractivity contribution in [1.82, 2.24) is 9.78 Å². The van der Waals surface area contributed by atoms with Crippen molar-refractivity contribution in [3.05, 3.63) is 71.0 Å². The maximum atomic E-state index is 13.7. The van der Waals surface area contributed by atoms with Gasteiger partial charge in [0.1, 0.15) is 11.4 Å². The number of aryl methyl sites for hydroxylation is 2. The largest absolute Gasteiger partial charge is 0.416 e. The molecule has 0 spiro atoms. The number of amides is 1. The summed E-state index contributed by atoms with van der Waals surface area (Å²) in [4.78, 5) is 12.8. The van der Waals surface area contributed by atoms with Gasteiger partial charge in [-0.15, -0.1) is 0 Å². The average Bonchev–Trinajstić information content (AvgIpc) is 3.03. The topological polar surface area (TPSA) is 84.3 Å². The van der Waals surface area contributed by atoms with Crippen LogP contribution in [0.15, 0.2) is 53.4 Å². The molecule has 0 aliphatic rings. The second kappa shape index (κ2) is 9.73. The van der Waals surface area contributed by atoms with Crippen LogP contribution in [0.3, 0.4) is 0 Å². The van der Waals surface area contributed by atoms with E-state index in [1.165, 1.54) is 16.8 Å². The molecule has 0 aliphatic heterocycles. The number of alkyl halides is 3. The van der Waals surface area contributed by atoms with Crippen LogP contribution in [0, 0.1) is 13.8 Å². The zero-order valence-electron chi connectivity index (χ0n) is 20.0. The van der Waals surface area contributed by atoms with Gasteiger partial charge in [-0.05, 0) is 55.7 Å². The quantitative estimate of drug-likeness (QED) is 0.486. The van der Waals surface area contributed by atoms with Gasteiger partial charge < -0.3 is 5.32 Å². The lowest BCUT2D eigenvalue weighted by atomic mass is 10.0. The number of carbonyl (C=O) groups excluding carboxylic acids is 1. The molecule has 0 fully saturated rings. The zero-order chi connectivity index (χ0) is 26.1. The summed E-state index contributed by atoms with van der Waals surface area (Å²) in [7, 11) is -2.62. The minimum Gasteiger partial charge on any atom is -0.325 e. The number of anilines is 2. The molecule has 1 N–H and O–H groups in total. The van der Waals surface area contributed by atoms with Gasteiger partial charge in [0.15, 0.2) is 0 Å². The van der Waals surface area contributed by atoms with Crippen LogP contribution in [-0.4, -0.2) is 30.7 Å². The number of aromatic nitrogens is 2. The van der Waals surface area contributed by atoms with E-state index in [0.717, 1.165) is 22.0 Å². The zero-order valence-corrected chi connectivity index (χ0v) is 20.8. The summed E-state index contributed by atoms with van der Waals surface area (Å²) in [6.45, 7) is 6.51. The number of nitrogens with zero attached hydrogens (tertiary/aromatic N) is 3. The van der Waals surface area contributed by atoms with Crippen molar-refractivity contribution in [2.45, 2.75) is 44.7 Å². The Labute approximate surface area is 202 Å². The molecule has 188 valence electrons. The van der Waals surface area contributed by atoms with E-state index in [9.17, 15) is 26.4 Å². The molecule has 35 heavy (non-hydrogen) atoms. The molecule has 0 saturated carbocycles. The molecule has 3 rings (SSSR count). The number of nitrogens with one attached hydrogen (secondary N) is 1. The highest BCUT2D eigenvalue weighted by Crippen LogP contribution is 2.31. The number of benzene rings is 2. The average molecular weight is 509 g/mol. The van der Waals surface area contributed by atoms with Crippen LogP contribution >= 0.6 is 0 Å². The SMILES string of the molecule is Cc1nn(C)c(C)c1S(=O)(=O)N(CC(=O)Nc1cccc(C(F)(F)F)c1)c1ccc(C(C)C)cc1. The van der Waals surface area contributed by atoms with Crippen LogP contribution in [0.4, 0.5) is 24.5 Å². The standard InChI is InChI=1S/C24H27F3N4O3S/c1-15(2)18-9-11-21(12-10-18)31(35(33,34)23-16(3)29-30(5)17(23)4)14-22(32)28-20-8-6-7-19(13-20)24(25,26)27/h6-13,15H,14H2,1-5H3,(H,28,32). The lowest BCUT2D eigenvalue weighted by molar-refractivity contribution is -0.137. The minimum absolute atomic E-state index is 0.0280. The Morgan fingerprint density at radius 1 is 1.11 bits per heavy atom. The van der Waals surface area contributed by atoms with Gasteiger partial charge in [0.05, 0.1) is 22.6 Å². The molecule has 11 heteroatoms. The summed E-state index contributed by atoms with van der Waals surface area (Å²) >= 11 is 0. The summed E-state index contributed by atoms with van der Waals surface area (Å²) in [5.74, 6) is -0.582. The summed E-state index contributed by atoms with van der Waals surface area (Å²) in [5.41, 5.74) is 0.873. The van der Waals surface area contributed by atoms with E-state index in [1.807, 2.05) is 13.8 Å². The summed E-state index contributed by atoms with van der Waals surface area (Å²) in [5, 5.41) is 6.55. The minimum atomic E-state index is -4.58. The lowest BCUT2D eigenvalue weighted by Gasteiger charge is -2.25. The van der Waals surface area contributed by atoms with Crippen LogP contribution in [0.25, 0.3) is 0 Å². The fraction of sp³-hybridized carbons (Fsp3) is 0.333. The third kappa shape index (κ3) is 5.67. The first-order valence-electron chi connectivity index (χ1n) is 10.8. The highest BCUT2D eigenvalue weighted by Gasteiger charge is 2.33. The van der Waals surface area contributed by atoms with E-state index >= 15 is 0 Å². The van der Waals surface area contributed by atoms with Crippen molar-refractivity contribution in [2.24, 2.45) is 7.05 Å². The fourth-order valence-electron chi connectivity index (χ4n) is 3.68. The van der Waals surface area contributed by atoms with Gasteiger partial charge in [-0.25, -0.2) is 8.42 Å². The number of hydrogen-bond donors (Lipinski definition) is 1. The van der Waals surface area contributed by atoms with E-state index < -0.39 is 34.2 Å². The predicted molar refractivity (Wildman–Crippen MR) is 128 cm³/mol. The van der Waals surface area contributed by atoms with Crippen LogP contribution in [0.1, 0.15) is 42.3 Å². The summed E-state index contributed by atoms with van der Waals surface area (Å²) in [6.07, 6.45) is -4.58. The van der Waals surface area contributed by atoms with Gasteiger partial charge in [-0.1, -0.05) is 32.0 Å². The molecule has 0 radical (unpaired) electrons. The number of halogens is 3. The Kier molecular flexibility index (Phi) is 7.30. The Balaban J connectivity index is 2.00. The van der Waals surface area contributed by atoms with Crippen molar-refractivity contribution < 1.29 is 26.4 Å². The van der Waals surface area contributed by atoms with Crippen molar-refractivity contribution in [1.29, 1.82) is 0 Å². The molecule has 0 atom stereocenters. The third-order valence-electron chi connectivity index (χ3n) is 5.60. The predicted octanol–water partition coefficient (Wildman–Crippen LogP) is 5.01. The van der Waals surface area contributed by atoms with Crippen molar-refractivity contribution >= 4 is 27.3 Å². The normalized spacial score (nSPS) is 12.1. The molecule has 2 aromatic carbocycles. The first-order chi connectivity index (χ1) is 16.2.